The van der Waals surface area contributed by atoms with Gasteiger partial charge in [-0.05, 0) is 31.0 Å². The number of pyridine rings is 1. The highest BCUT2D eigenvalue weighted by Crippen LogP contribution is 2.32. The second-order valence-electron chi connectivity index (χ2n) is 7.24. The van der Waals surface area contributed by atoms with Crippen LogP contribution in [0.25, 0.3) is 5.65 Å². The van der Waals surface area contributed by atoms with Gasteiger partial charge in [0, 0.05) is 18.6 Å². The Morgan fingerprint density at radius 1 is 1.36 bits per heavy atom. The molecule has 2 N–H and O–H groups in total. The fourth-order valence-corrected chi connectivity index (χ4v) is 3.36. The van der Waals surface area contributed by atoms with Crippen LogP contribution in [0.4, 0.5) is 20.2 Å². The number of imidazole rings is 1. The predicted octanol–water partition coefficient (Wildman–Crippen LogP) is 3.26. The molecule has 1 saturated heterocycles. The van der Waals surface area contributed by atoms with Crippen LogP contribution < -0.4 is 5.32 Å². The maximum Gasteiger partial charge on any atom is 0.257 e. The van der Waals surface area contributed by atoms with Crippen LogP contribution in [0.15, 0.2) is 36.8 Å². The summed E-state index contributed by atoms with van der Waals surface area (Å²) < 4.78 is 30.8. The minimum atomic E-state index is -0.913. The first-order valence-corrected chi connectivity index (χ1v) is 9.01. The molecule has 1 amide bonds. The lowest BCUT2D eigenvalue weighted by Gasteiger charge is -2.46. The van der Waals surface area contributed by atoms with Gasteiger partial charge in [-0.1, -0.05) is 13.0 Å². The van der Waals surface area contributed by atoms with Crippen molar-refractivity contribution in [3.63, 3.8) is 0 Å². The van der Waals surface area contributed by atoms with Crippen molar-refractivity contribution in [2.24, 2.45) is 0 Å². The van der Waals surface area contributed by atoms with Crippen molar-refractivity contribution >= 4 is 22.9 Å². The van der Waals surface area contributed by atoms with Crippen LogP contribution in [-0.2, 0) is 0 Å². The normalized spacial score (nSPS) is 15.5. The van der Waals surface area contributed by atoms with Gasteiger partial charge in [0.05, 0.1) is 35.6 Å². The number of carbonyl (C=O) groups is 1. The van der Waals surface area contributed by atoms with Gasteiger partial charge in [0.2, 0.25) is 0 Å². The number of aliphatic hydroxyl groups is 1. The highest BCUT2D eigenvalue weighted by atomic mass is 19.1. The number of hydrogen-bond donors (Lipinski definition) is 2. The van der Waals surface area contributed by atoms with Gasteiger partial charge in [0.25, 0.3) is 5.91 Å². The van der Waals surface area contributed by atoms with E-state index in [1.807, 2.05) is 6.92 Å². The number of hydrogen-bond acceptors (Lipinski definition) is 4. The Kier molecular flexibility index (Phi) is 4.30. The quantitative estimate of drug-likeness (QED) is 0.722. The van der Waals surface area contributed by atoms with Crippen molar-refractivity contribution in [1.82, 2.24) is 14.3 Å². The summed E-state index contributed by atoms with van der Waals surface area (Å²) in [5.74, 6) is -1.74. The number of fused-ring (bicyclic) bond motifs is 1. The lowest BCUT2D eigenvalue weighted by molar-refractivity contribution is -0.0826. The lowest BCUT2D eigenvalue weighted by atomic mass is 9.90. The molecule has 8 heteroatoms. The minimum Gasteiger partial charge on any atom is -0.386 e. The van der Waals surface area contributed by atoms with E-state index >= 15 is 4.39 Å². The van der Waals surface area contributed by atoms with Crippen LogP contribution in [-0.4, -0.2) is 44.0 Å². The number of likely N-dealkylation sites (tertiary alicyclic amines) is 1. The van der Waals surface area contributed by atoms with Crippen molar-refractivity contribution in [2.75, 3.05) is 18.4 Å². The van der Waals surface area contributed by atoms with E-state index in [1.54, 1.807) is 13.0 Å². The van der Waals surface area contributed by atoms with Gasteiger partial charge in [-0.25, -0.2) is 13.8 Å². The van der Waals surface area contributed by atoms with Crippen LogP contribution in [0.3, 0.4) is 0 Å². The lowest BCUT2D eigenvalue weighted by Crippen LogP contribution is -2.63. The number of benzene rings is 1. The van der Waals surface area contributed by atoms with Crippen molar-refractivity contribution in [3.8, 4) is 0 Å². The van der Waals surface area contributed by atoms with Crippen LogP contribution >= 0.6 is 0 Å². The van der Waals surface area contributed by atoms with Crippen LogP contribution in [0.5, 0.6) is 0 Å². The van der Waals surface area contributed by atoms with Gasteiger partial charge in [-0.2, -0.15) is 0 Å². The molecule has 1 aliphatic rings. The van der Waals surface area contributed by atoms with E-state index in [4.69, 9.17) is 0 Å². The molecule has 0 bridgehead atoms. The zero-order valence-electron chi connectivity index (χ0n) is 15.5. The molecule has 1 aromatic carbocycles. The summed E-state index contributed by atoms with van der Waals surface area (Å²) in [5.41, 5.74) is -0.199. The molecule has 0 radical (unpaired) electrons. The van der Waals surface area contributed by atoms with Gasteiger partial charge in [-0.3, -0.25) is 4.79 Å². The topological polar surface area (TPSA) is 69.9 Å². The Labute approximate surface area is 160 Å². The van der Waals surface area contributed by atoms with Gasteiger partial charge in [0.1, 0.15) is 5.82 Å². The number of rotatable bonds is 4. The highest BCUT2D eigenvalue weighted by Gasteiger charge is 2.43. The number of aryl methyl sites for hydroxylation is 1. The zero-order valence-corrected chi connectivity index (χ0v) is 15.5. The number of nitrogens with one attached hydrogen (secondary N) is 1. The SMILES string of the molecule is CCC1(O)CN(C(=O)c2cn3ccnc3c(F)c2Nc2ccc(C)cc2F)C1. The van der Waals surface area contributed by atoms with Crippen molar-refractivity contribution in [2.45, 2.75) is 25.9 Å². The molecule has 3 aromatic rings. The molecular weight excluding hydrogens is 366 g/mol. The maximum atomic E-state index is 15.1. The van der Waals surface area contributed by atoms with E-state index in [1.165, 1.54) is 40.0 Å². The highest BCUT2D eigenvalue weighted by molar-refractivity contribution is 6.01. The molecule has 0 spiro atoms. The molecule has 146 valence electrons. The summed E-state index contributed by atoms with van der Waals surface area (Å²) in [6.45, 7) is 3.93. The Morgan fingerprint density at radius 2 is 2.11 bits per heavy atom. The molecule has 0 aliphatic carbocycles. The van der Waals surface area contributed by atoms with Gasteiger partial charge < -0.3 is 19.7 Å². The molecular formula is C20H20F2N4O2. The van der Waals surface area contributed by atoms with Crippen LogP contribution in [0.1, 0.15) is 29.3 Å². The summed E-state index contributed by atoms with van der Waals surface area (Å²) in [6, 6.07) is 4.51. The minimum absolute atomic E-state index is 0.0280. The van der Waals surface area contributed by atoms with Crippen LogP contribution in [0, 0.1) is 18.6 Å². The summed E-state index contributed by atoms with van der Waals surface area (Å²) >= 11 is 0. The van der Waals surface area contributed by atoms with Crippen molar-refractivity contribution < 1.29 is 18.7 Å². The molecule has 4 rings (SSSR count). The van der Waals surface area contributed by atoms with Gasteiger partial charge in [-0.15, -0.1) is 0 Å². The standard InChI is InChI=1S/C20H20F2N4O2/c1-3-20(28)10-26(11-20)19(27)13-9-25-7-6-23-18(25)16(22)17(13)24-15-5-4-12(2)8-14(15)21/h4-9,24,28H,3,10-11H2,1-2H3. The van der Waals surface area contributed by atoms with E-state index in [9.17, 15) is 14.3 Å². The van der Waals surface area contributed by atoms with Crippen molar-refractivity contribution in [1.29, 1.82) is 0 Å². The number of nitrogens with zero attached hydrogens (tertiary/aromatic N) is 3. The number of halogens is 2. The van der Waals surface area contributed by atoms with E-state index in [0.29, 0.717) is 6.42 Å². The Balaban J connectivity index is 1.77. The average Bonchev–Trinajstić information content (AvgIpc) is 3.11. The molecule has 1 fully saturated rings. The molecule has 0 unspecified atom stereocenters. The molecule has 28 heavy (non-hydrogen) atoms. The molecule has 1 aliphatic heterocycles. The average molecular weight is 386 g/mol. The summed E-state index contributed by atoms with van der Waals surface area (Å²) in [7, 11) is 0. The molecule has 0 saturated carbocycles. The number of carbonyl (C=O) groups excluding carboxylic acids is 1. The first kappa shape index (κ1) is 18.4. The third kappa shape index (κ3) is 2.99. The summed E-state index contributed by atoms with van der Waals surface area (Å²) in [4.78, 5) is 18.4. The number of amides is 1. The second kappa shape index (κ2) is 6.56. The fraction of sp³-hybridized carbons (Fsp3) is 0.300. The third-order valence-corrected chi connectivity index (χ3v) is 5.15. The smallest absolute Gasteiger partial charge is 0.257 e. The molecule has 0 atom stereocenters. The first-order chi connectivity index (χ1) is 13.3. The van der Waals surface area contributed by atoms with Crippen LogP contribution in [0.2, 0.25) is 0 Å². The van der Waals surface area contributed by atoms with Gasteiger partial charge >= 0.3 is 0 Å². The Morgan fingerprint density at radius 3 is 2.79 bits per heavy atom. The van der Waals surface area contributed by atoms with E-state index in [-0.39, 0.29) is 35.7 Å². The molecule has 6 nitrogen and oxygen atoms in total. The van der Waals surface area contributed by atoms with Gasteiger partial charge in [0.15, 0.2) is 11.5 Å². The Hall–Kier alpha value is -3.00. The summed E-state index contributed by atoms with van der Waals surface area (Å²) in [6.07, 6.45) is 4.93. The zero-order chi connectivity index (χ0) is 20.1. The van der Waals surface area contributed by atoms with E-state index in [2.05, 4.69) is 10.3 Å². The Bertz CT molecular complexity index is 1070. The van der Waals surface area contributed by atoms with E-state index in [0.717, 1.165) is 5.56 Å². The fourth-order valence-electron chi connectivity index (χ4n) is 3.36. The van der Waals surface area contributed by atoms with Crippen molar-refractivity contribution in [3.05, 3.63) is 59.6 Å². The van der Waals surface area contributed by atoms with E-state index < -0.39 is 23.1 Å². The first-order valence-electron chi connectivity index (χ1n) is 9.01. The number of aromatic nitrogens is 2. The monoisotopic (exact) mass is 386 g/mol. The largest absolute Gasteiger partial charge is 0.386 e. The third-order valence-electron chi connectivity index (χ3n) is 5.15. The molecule has 2 aromatic heterocycles. The molecule has 3 heterocycles. The maximum absolute atomic E-state index is 15.1. The number of anilines is 2. The predicted molar refractivity (Wildman–Crippen MR) is 101 cm³/mol. The number of β-amino-alcohol motifs (C(OH)–C–C–N with tert-alkyl or cyclic N) is 1. The second-order valence-corrected chi connectivity index (χ2v) is 7.24. The summed E-state index contributed by atoms with van der Waals surface area (Å²) in [5, 5.41) is 12.9.